The van der Waals surface area contributed by atoms with Crippen LogP contribution in [-0.2, 0) is 4.79 Å². The standard InChI is InChI=1S/C19H30N4O/c24-19(8-4-5-16-13-21-22-14-16)20-10-12-23-11-9-18(15-23)17-6-2-1-3-7-17/h1-3,6-7,16,18,21-22H,4-5,8-15H2,(H,20,24). The Morgan fingerprint density at radius 1 is 1.21 bits per heavy atom. The Morgan fingerprint density at radius 2 is 2.00 bits per heavy atom. The molecule has 5 nitrogen and oxygen atoms in total. The molecular formula is C19H30N4O. The summed E-state index contributed by atoms with van der Waals surface area (Å²) >= 11 is 0. The van der Waals surface area contributed by atoms with E-state index in [2.05, 4.69) is 51.4 Å². The largest absolute Gasteiger partial charge is 0.355 e. The van der Waals surface area contributed by atoms with Crippen molar-refractivity contribution in [1.82, 2.24) is 21.1 Å². The van der Waals surface area contributed by atoms with Crippen LogP contribution >= 0.6 is 0 Å². The minimum Gasteiger partial charge on any atom is -0.355 e. The second-order valence-corrected chi connectivity index (χ2v) is 7.07. The summed E-state index contributed by atoms with van der Waals surface area (Å²) < 4.78 is 0. The van der Waals surface area contributed by atoms with Gasteiger partial charge in [0.25, 0.3) is 0 Å². The highest BCUT2D eigenvalue weighted by atomic mass is 16.1. The van der Waals surface area contributed by atoms with Gasteiger partial charge in [0, 0.05) is 39.1 Å². The smallest absolute Gasteiger partial charge is 0.220 e. The van der Waals surface area contributed by atoms with Crippen molar-refractivity contribution in [3.63, 3.8) is 0 Å². The molecular weight excluding hydrogens is 300 g/mol. The molecule has 2 heterocycles. The molecule has 2 saturated heterocycles. The fraction of sp³-hybridized carbons (Fsp3) is 0.632. The third-order valence-corrected chi connectivity index (χ3v) is 5.22. The number of rotatable bonds is 8. The average Bonchev–Trinajstić information content (AvgIpc) is 3.28. The minimum absolute atomic E-state index is 0.202. The topological polar surface area (TPSA) is 56.4 Å². The molecule has 1 atom stereocenters. The molecule has 1 amide bonds. The van der Waals surface area contributed by atoms with Gasteiger partial charge in [0.15, 0.2) is 0 Å². The Hall–Kier alpha value is -1.43. The molecule has 3 N–H and O–H groups in total. The molecule has 0 saturated carbocycles. The van der Waals surface area contributed by atoms with Crippen LogP contribution < -0.4 is 16.2 Å². The second-order valence-electron chi connectivity index (χ2n) is 7.07. The molecule has 2 aliphatic heterocycles. The van der Waals surface area contributed by atoms with Gasteiger partial charge in [-0.15, -0.1) is 0 Å². The molecule has 3 rings (SSSR count). The monoisotopic (exact) mass is 330 g/mol. The van der Waals surface area contributed by atoms with Gasteiger partial charge in [-0.2, -0.15) is 0 Å². The number of nitrogens with one attached hydrogen (secondary N) is 3. The van der Waals surface area contributed by atoms with E-state index in [1.54, 1.807) is 0 Å². The first-order valence-corrected chi connectivity index (χ1v) is 9.31. The van der Waals surface area contributed by atoms with Gasteiger partial charge in [0.05, 0.1) is 0 Å². The summed E-state index contributed by atoms with van der Waals surface area (Å²) in [5.41, 5.74) is 7.71. The Balaban J connectivity index is 1.26. The van der Waals surface area contributed by atoms with Gasteiger partial charge in [-0.1, -0.05) is 30.3 Å². The summed E-state index contributed by atoms with van der Waals surface area (Å²) in [6.07, 6.45) is 3.99. The van der Waals surface area contributed by atoms with E-state index in [-0.39, 0.29) is 5.91 Å². The number of hydrazine groups is 1. The minimum atomic E-state index is 0.202. The molecule has 1 aromatic carbocycles. The summed E-state index contributed by atoms with van der Waals surface area (Å²) in [6, 6.07) is 10.8. The number of carbonyl (C=O) groups is 1. The highest BCUT2D eigenvalue weighted by Crippen LogP contribution is 2.26. The normalized spacial score (nSPS) is 22.1. The van der Waals surface area contributed by atoms with Gasteiger partial charge in [-0.05, 0) is 43.2 Å². The predicted octanol–water partition coefficient (Wildman–Crippen LogP) is 1.49. The Morgan fingerprint density at radius 3 is 2.79 bits per heavy atom. The zero-order chi connectivity index (χ0) is 16.6. The molecule has 0 spiro atoms. The SMILES string of the molecule is O=C(CCCC1CNNC1)NCCN1CCC(c2ccccc2)C1. The molecule has 0 radical (unpaired) electrons. The van der Waals surface area contributed by atoms with Crippen LogP contribution in [0.5, 0.6) is 0 Å². The summed E-state index contributed by atoms with van der Waals surface area (Å²) in [6.45, 7) is 6.04. The average molecular weight is 330 g/mol. The molecule has 2 fully saturated rings. The van der Waals surface area contributed by atoms with E-state index in [0.29, 0.717) is 18.3 Å². The van der Waals surface area contributed by atoms with Gasteiger partial charge in [-0.25, -0.2) is 0 Å². The lowest BCUT2D eigenvalue weighted by molar-refractivity contribution is -0.121. The summed E-state index contributed by atoms with van der Waals surface area (Å²) in [4.78, 5) is 14.4. The summed E-state index contributed by atoms with van der Waals surface area (Å²) in [5, 5.41) is 3.08. The maximum absolute atomic E-state index is 11.9. The predicted molar refractivity (Wildman–Crippen MR) is 96.6 cm³/mol. The van der Waals surface area contributed by atoms with Crippen LogP contribution in [0, 0.1) is 5.92 Å². The third-order valence-electron chi connectivity index (χ3n) is 5.22. The lowest BCUT2D eigenvalue weighted by Crippen LogP contribution is -2.33. The summed E-state index contributed by atoms with van der Waals surface area (Å²) in [5.74, 6) is 1.53. The Labute approximate surface area is 145 Å². The first-order chi connectivity index (χ1) is 11.8. The number of benzene rings is 1. The zero-order valence-electron chi connectivity index (χ0n) is 14.5. The fourth-order valence-corrected chi connectivity index (χ4v) is 3.74. The number of amides is 1. The molecule has 2 aliphatic rings. The molecule has 1 unspecified atom stereocenters. The van der Waals surface area contributed by atoms with Crippen LogP contribution in [0.15, 0.2) is 30.3 Å². The van der Waals surface area contributed by atoms with Crippen LogP contribution in [0.1, 0.15) is 37.2 Å². The fourth-order valence-electron chi connectivity index (χ4n) is 3.74. The highest BCUT2D eigenvalue weighted by molar-refractivity contribution is 5.75. The van der Waals surface area contributed by atoms with Crippen molar-refractivity contribution in [2.24, 2.45) is 5.92 Å². The van der Waals surface area contributed by atoms with E-state index in [1.807, 2.05) is 0 Å². The Bertz CT molecular complexity index is 501. The van der Waals surface area contributed by atoms with Gasteiger partial charge in [0.2, 0.25) is 5.91 Å². The van der Waals surface area contributed by atoms with Gasteiger partial charge < -0.3 is 10.2 Å². The van der Waals surface area contributed by atoms with E-state index in [1.165, 1.54) is 12.0 Å². The van der Waals surface area contributed by atoms with Gasteiger partial charge >= 0.3 is 0 Å². The van der Waals surface area contributed by atoms with Crippen molar-refractivity contribution in [2.45, 2.75) is 31.6 Å². The molecule has 0 aliphatic carbocycles. The van der Waals surface area contributed by atoms with E-state index in [9.17, 15) is 4.79 Å². The molecule has 0 aromatic heterocycles. The number of nitrogens with zero attached hydrogens (tertiary/aromatic N) is 1. The van der Waals surface area contributed by atoms with Crippen LogP contribution in [0.3, 0.4) is 0 Å². The first kappa shape index (κ1) is 17.4. The molecule has 24 heavy (non-hydrogen) atoms. The van der Waals surface area contributed by atoms with Crippen LogP contribution in [0.4, 0.5) is 0 Å². The van der Waals surface area contributed by atoms with Crippen LogP contribution in [-0.4, -0.2) is 50.1 Å². The van der Waals surface area contributed by atoms with Crippen molar-refractivity contribution in [3.05, 3.63) is 35.9 Å². The van der Waals surface area contributed by atoms with E-state index in [4.69, 9.17) is 0 Å². The lowest BCUT2D eigenvalue weighted by atomic mass is 9.99. The van der Waals surface area contributed by atoms with Crippen molar-refractivity contribution >= 4 is 5.91 Å². The van der Waals surface area contributed by atoms with E-state index >= 15 is 0 Å². The molecule has 132 valence electrons. The van der Waals surface area contributed by atoms with Crippen molar-refractivity contribution in [1.29, 1.82) is 0 Å². The van der Waals surface area contributed by atoms with Crippen molar-refractivity contribution in [2.75, 3.05) is 39.3 Å². The zero-order valence-corrected chi connectivity index (χ0v) is 14.5. The van der Waals surface area contributed by atoms with Crippen LogP contribution in [0.25, 0.3) is 0 Å². The number of likely N-dealkylation sites (tertiary alicyclic amines) is 1. The number of hydrogen-bond acceptors (Lipinski definition) is 4. The van der Waals surface area contributed by atoms with Crippen LogP contribution in [0.2, 0.25) is 0 Å². The Kier molecular flexibility index (Phi) is 6.64. The quantitative estimate of drug-likeness (QED) is 0.676. The van der Waals surface area contributed by atoms with E-state index < -0.39 is 0 Å². The molecule has 1 aromatic rings. The van der Waals surface area contributed by atoms with Crippen molar-refractivity contribution in [3.8, 4) is 0 Å². The summed E-state index contributed by atoms with van der Waals surface area (Å²) in [7, 11) is 0. The number of carbonyl (C=O) groups excluding carboxylic acids is 1. The van der Waals surface area contributed by atoms with Gasteiger partial charge in [-0.3, -0.25) is 15.6 Å². The maximum Gasteiger partial charge on any atom is 0.220 e. The van der Waals surface area contributed by atoms with Gasteiger partial charge in [0.1, 0.15) is 0 Å². The molecule has 5 heteroatoms. The third kappa shape index (κ3) is 5.30. The maximum atomic E-state index is 11.9. The van der Waals surface area contributed by atoms with E-state index in [0.717, 1.165) is 52.1 Å². The molecule has 0 bridgehead atoms. The highest BCUT2D eigenvalue weighted by Gasteiger charge is 2.23. The first-order valence-electron chi connectivity index (χ1n) is 9.31. The van der Waals surface area contributed by atoms with Crippen molar-refractivity contribution < 1.29 is 4.79 Å². The number of hydrogen-bond donors (Lipinski definition) is 3. The second kappa shape index (κ2) is 9.16. The lowest BCUT2D eigenvalue weighted by Gasteiger charge is -2.16.